The standard InChI is InChI=1S/C14H19N3O/c1-10-8-11(2)13-12(9-10)18-14(16-13)17-6-3-4-15-5-7-17/h8-9,15H,3-7H2,1-2H3. The third-order valence-corrected chi connectivity index (χ3v) is 3.43. The number of anilines is 1. The molecule has 0 bridgehead atoms. The molecule has 1 aromatic heterocycles. The van der Waals surface area contributed by atoms with Gasteiger partial charge in [0.2, 0.25) is 0 Å². The van der Waals surface area contributed by atoms with Crippen molar-refractivity contribution in [2.45, 2.75) is 20.3 Å². The normalized spacial score (nSPS) is 17.1. The summed E-state index contributed by atoms with van der Waals surface area (Å²) in [5.41, 5.74) is 4.31. The lowest BCUT2D eigenvalue weighted by Crippen LogP contribution is -2.27. The number of benzene rings is 1. The van der Waals surface area contributed by atoms with E-state index in [1.54, 1.807) is 0 Å². The van der Waals surface area contributed by atoms with E-state index in [1.165, 1.54) is 11.1 Å². The fourth-order valence-electron chi connectivity index (χ4n) is 2.53. The summed E-state index contributed by atoms with van der Waals surface area (Å²) in [5, 5.41) is 3.39. The highest BCUT2D eigenvalue weighted by Gasteiger charge is 2.16. The minimum Gasteiger partial charge on any atom is -0.423 e. The number of aromatic nitrogens is 1. The van der Waals surface area contributed by atoms with Gasteiger partial charge < -0.3 is 14.6 Å². The van der Waals surface area contributed by atoms with Crippen molar-refractivity contribution in [1.29, 1.82) is 0 Å². The Bertz CT molecular complexity index is 553. The smallest absolute Gasteiger partial charge is 0.298 e. The van der Waals surface area contributed by atoms with Crippen molar-refractivity contribution in [3.63, 3.8) is 0 Å². The van der Waals surface area contributed by atoms with Gasteiger partial charge in [0.1, 0.15) is 5.52 Å². The number of rotatable bonds is 1. The first-order valence-corrected chi connectivity index (χ1v) is 6.57. The van der Waals surface area contributed by atoms with Gasteiger partial charge in [-0.2, -0.15) is 4.98 Å². The summed E-state index contributed by atoms with van der Waals surface area (Å²) in [6, 6.07) is 4.98. The minimum atomic E-state index is 0.766. The lowest BCUT2D eigenvalue weighted by molar-refractivity contribution is 0.570. The van der Waals surface area contributed by atoms with E-state index in [-0.39, 0.29) is 0 Å². The van der Waals surface area contributed by atoms with Crippen LogP contribution in [0.3, 0.4) is 0 Å². The maximum atomic E-state index is 5.91. The molecule has 0 unspecified atom stereocenters. The Morgan fingerprint density at radius 2 is 2.11 bits per heavy atom. The van der Waals surface area contributed by atoms with E-state index in [2.05, 4.69) is 41.2 Å². The molecule has 1 aliphatic heterocycles. The highest BCUT2D eigenvalue weighted by Crippen LogP contribution is 2.25. The molecule has 0 spiro atoms. The van der Waals surface area contributed by atoms with Gasteiger partial charge in [0, 0.05) is 19.6 Å². The maximum Gasteiger partial charge on any atom is 0.298 e. The molecule has 4 heteroatoms. The first-order chi connectivity index (χ1) is 8.74. The highest BCUT2D eigenvalue weighted by molar-refractivity contribution is 5.79. The molecule has 1 N–H and O–H groups in total. The molecule has 1 fully saturated rings. The van der Waals surface area contributed by atoms with E-state index in [9.17, 15) is 0 Å². The molecule has 1 saturated heterocycles. The third kappa shape index (κ3) is 2.08. The van der Waals surface area contributed by atoms with Crippen LogP contribution in [0.5, 0.6) is 0 Å². The molecule has 0 saturated carbocycles. The number of fused-ring (bicyclic) bond motifs is 1. The van der Waals surface area contributed by atoms with Crippen LogP contribution in [0, 0.1) is 13.8 Å². The quantitative estimate of drug-likeness (QED) is 0.836. The van der Waals surface area contributed by atoms with Crippen LogP contribution in [0.15, 0.2) is 16.5 Å². The third-order valence-electron chi connectivity index (χ3n) is 3.43. The topological polar surface area (TPSA) is 41.3 Å². The molecular weight excluding hydrogens is 226 g/mol. The maximum absolute atomic E-state index is 5.91. The number of aryl methyl sites for hydroxylation is 2. The molecule has 0 aliphatic carbocycles. The van der Waals surface area contributed by atoms with Gasteiger partial charge in [0.15, 0.2) is 5.58 Å². The van der Waals surface area contributed by atoms with Gasteiger partial charge in [0.05, 0.1) is 0 Å². The second-order valence-corrected chi connectivity index (χ2v) is 5.02. The molecule has 2 heterocycles. The molecule has 1 aliphatic rings. The van der Waals surface area contributed by atoms with Crippen LogP contribution in [0.4, 0.5) is 6.01 Å². The van der Waals surface area contributed by atoms with Gasteiger partial charge in [-0.05, 0) is 44.0 Å². The number of nitrogens with zero attached hydrogens (tertiary/aromatic N) is 2. The Labute approximate surface area is 107 Å². The summed E-state index contributed by atoms with van der Waals surface area (Å²) in [5.74, 6) is 0. The lowest BCUT2D eigenvalue weighted by atomic mass is 10.1. The van der Waals surface area contributed by atoms with Crippen molar-refractivity contribution in [2.75, 3.05) is 31.1 Å². The van der Waals surface area contributed by atoms with Crippen LogP contribution in [0.1, 0.15) is 17.5 Å². The zero-order valence-electron chi connectivity index (χ0n) is 11.0. The van der Waals surface area contributed by atoms with Crippen LogP contribution in [-0.2, 0) is 0 Å². The average molecular weight is 245 g/mol. The number of oxazole rings is 1. The zero-order valence-corrected chi connectivity index (χ0v) is 11.0. The van der Waals surface area contributed by atoms with Crippen molar-refractivity contribution in [3.05, 3.63) is 23.3 Å². The van der Waals surface area contributed by atoms with E-state index in [0.717, 1.165) is 49.7 Å². The molecule has 0 atom stereocenters. The van der Waals surface area contributed by atoms with Crippen molar-refractivity contribution < 1.29 is 4.42 Å². The second kappa shape index (κ2) is 4.61. The average Bonchev–Trinajstić information content (AvgIpc) is 2.59. The van der Waals surface area contributed by atoms with E-state index in [4.69, 9.17) is 4.42 Å². The largest absolute Gasteiger partial charge is 0.423 e. The van der Waals surface area contributed by atoms with E-state index >= 15 is 0 Å². The molecule has 2 aromatic rings. The van der Waals surface area contributed by atoms with Crippen molar-refractivity contribution in [1.82, 2.24) is 10.3 Å². The Hall–Kier alpha value is -1.55. The van der Waals surface area contributed by atoms with Crippen molar-refractivity contribution >= 4 is 17.1 Å². The Kier molecular flexibility index (Phi) is 2.96. The zero-order chi connectivity index (χ0) is 12.5. The molecule has 0 radical (unpaired) electrons. The summed E-state index contributed by atoms with van der Waals surface area (Å²) in [6.45, 7) is 8.23. The summed E-state index contributed by atoms with van der Waals surface area (Å²) < 4.78 is 5.91. The van der Waals surface area contributed by atoms with Crippen molar-refractivity contribution in [2.24, 2.45) is 0 Å². The van der Waals surface area contributed by atoms with Crippen LogP contribution in [0.2, 0.25) is 0 Å². The highest BCUT2D eigenvalue weighted by atomic mass is 16.4. The summed E-state index contributed by atoms with van der Waals surface area (Å²) in [4.78, 5) is 6.88. The predicted octanol–water partition coefficient (Wildman–Crippen LogP) is 2.24. The first-order valence-electron chi connectivity index (χ1n) is 6.57. The monoisotopic (exact) mass is 245 g/mol. The lowest BCUT2D eigenvalue weighted by Gasteiger charge is -2.16. The van der Waals surface area contributed by atoms with Crippen LogP contribution < -0.4 is 10.2 Å². The molecule has 96 valence electrons. The molecule has 3 rings (SSSR count). The SMILES string of the molecule is Cc1cc(C)c2nc(N3CCCNCC3)oc2c1. The van der Waals surface area contributed by atoms with E-state index in [1.807, 2.05) is 0 Å². The van der Waals surface area contributed by atoms with Gasteiger partial charge in [-0.15, -0.1) is 0 Å². The fourth-order valence-corrected chi connectivity index (χ4v) is 2.53. The Morgan fingerprint density at radius 3 is 3.00 bits per heavy atom. The second-order valence-electron chi connectivity index (χ2n) is 5.02. The van der Waals surface area contributed by atoms with Gasteiger partial charge in [-0.1, -0.05) is 6.07 Å². The van der Waals surface area contributed by atoms with Gasteiger partial charge in [-0.25, -0.2) is 0 Å². The van der Waals surface area contributed by atoms with E-state index in [0.29, 0.717) is 0 Å². The Balaban J connectivity index is 1.99. The minimum absolute atomic E-state index is 0.766. The van der Waals surface area contributed by atoms with E-state index < -0.39 is 0 Å². The molecule has 18 heavy (non-hydrogen) atoms. The van der Waals surface area contributed by atoms with Crippen molar-refractivity contribution in [3.8, 4) is 0 Å². The number of hydrogen-bond acceptors (Lipinski definition) is 4. The summed E-state index contributed by atoms with van der Waals surface area (Å²) in [7, 11) is 0. The van der Waals surface area contributed by atoms with Gasteiger partial charge in [-0.3, -0.25) is 0 Å². The van der Waals surface area contributed by atoms with Crippen LogP contribution >= 0.6 is 0 Å². The number of nitrogens with one attached hydrogen (secondary N) is 1. The summed E-state index contributed by atoms with van der Waals surface area (Å²) in [6.07, 6.45) is 1.14. The molecule has 1 aromatic carbocycles. The first kappa shape index (κ1) is 11.5. The summed E-state index contributed by atoms with van der Waals surface area (Å²) >= 11 is 0. The Morgan fingerprint density at radius 1 is 1.22 bits per heavy atom. The predicted molar refractivity (Wildman–Crippen MR) is 73.2 cm³/mol. The van der Waals surface area contributed by atoms with Crippen LogP contribution in [-0.4, -0.2) is 31.2 Å². The van der Waals surface area contributed by atoms with Gasteiger partial charge in [0.25, 0.3) is 6.01 Å². The molecule has 4 nitrogen and oxygen atoms in total. The van der Waals surface area contributed by atoms with Gasteiger partial charge >= 0.3 is 0 Å². The van der Waals surface area contributed by atoms with Crippen LogP contribution in [0.25, 0.3) is 11.1 Å². The number of hydrogen-bond donors (Lipinski definition) is 1. The molecule has 0 amide bonds. The fraction of sp³-hybridized carbons (Fsp3) is 0.500. The molecular formula is C14H19N3O.